The van der Waals surface area contributed by atoms with E-state index in [1.807, 2.05) is 0 Å². The zero-order valence-corrected chi connectivity index (χ0v) is 23.2. The third kappa shape index (κ3) is 9.64. The second kappa shape index (κ2) is 16.2. The van der Waals surface area contributed by atoms with Crippen molar-refractivity contribution in [1.29, 1.82) is 0 Å². The van der Waals surface area contributed by atoms with E-state index < -0.39 is 35.9 Å². The number of halogens is 1. The van der Waals surface area contributed by atoms with Crippen molar-refractivity contribution >= 4 is 47.0 Å². The Morgan fingerprint density at radius 3 is 2.21 bits per heavy atom. The summed E-state index contributed by atoms with van der Waals surface area (Å²) in [7, 11) is 0. The number of alkyl halides is 1. The fourth-order valence-corrected chi connectivity index (χ4v) is 5.40. The van der Waals surface area contributed by atoms with Crippen molar-refractivity contribution in [2.24, 2.45) is 33.8 Å². The molecular weight excluding hydrogens is 528 g/mol. The summed E-state index contributed by atoms with van der Waals surface area (Å²) in [6.45, 7) is 1.59. The number of unbranched alkanes of at least 4 members (excludes halogenated alkanes) is 1. The van der Waals surface area contributed by atoms with Crippen LogP contribution in [0.1, 0.15) is 64.2 Å². The van der Waals surface area contributed by atoms with Gasteiger partial charge in [0.25, 0.3) is 0 Å². The smallest absolute Gasteiger partial charge is 0.246 e. The predicted molar refractivity (Wildman–Crippen MR) is 147 cm³/mol. The highest BCUT2D eigenvalue weighted by Gasteiger charge is 2.42. The molecule has 2 aliphatic heterocycles. The number of hydrogen-bond acceptors (Lipinski definition) is 7. The molecule has 0 bridgehead atoms. The summed E-state index contributed by atoms with van der Waals surface area (Å²) in [6, 6.07) is -2.23. The lowest BCUT2D eigenvalue weighted by atomic mass is 9.91. The molecule has 220 valence electrons. The highest BCUT2D eigenvalue weighted by molar-refractivity contribution is 6.27. The van der Waals surface area contributed by atoms with Gasteiger partial charge < -0.3 is 38.1 Å². The lowest BCUT2D eigenvalue weighted by Gasteiger charge is -2.31. The number of nitrogens with one attached hydrogen (secondary N) is 1. The molecule has 0 radical (unpaired) electrons. The molecule has 4 amide bonds. The van der Waals surface area contributed by atoms with E-state index in [2.05, 4.69) is 10.3 Å². The van der Waals surface area contributed by atoms with E-state index in [0.29, 0.717) is 84.0 Å². The maximum atomic E-state index is 13.4. The first-order valence-electron chi connectivity index (χ1n) is 13.6. The van der Waals surface area contributed by atoms with Gasteiger partial charge in [-0.25, -0.2) is 0 Å². The minimum absolute atomic E-state index is 0.0601. The summed E-state index contributed by atoms with van der Waals surface area (Å²) in [4.78, 5) is 71.1. The second-order valence-electron chi connectivity index (χ2n) is 10.1. The Morgan fingerprint density at radius 1 is 0.923 bits per heavy atom. The summed E-state index contributed by atoms with van der Waals surface area (Å²) in [5.74, 6) is -2.92. The summed E-state index contributed by atoms with van der Waals surface area (Å²) < 4.78 is 0. The molecule has 0 aliphatic carbocycles. The van der Waals surface area contributed by atoms with E-state index in [1.54, 1.807) is 0 Å². The lowest BCUT2D eigenvalue weighted by Crippen LogP contribution is -2.55. The molecule has 9 N–H and O–H groups in total. The van der Waals surface area contributed by atoms with Crippen LogP contribution >= 0.6 is 11.6 Å². The van der Waals surface area contributed by atoms with E-state index in [4.69, 9.17) is 34.5 Å². The standard InChI is InChI=1S/C25H43ClN8O5/c26-15-21(36)33-12-5-9-19(33)24(39)34-13-4-8-18(34)23(38)32-17(7-1-2-10-27)20(35)14-16(22(28)37)6-3-11-31-25(29)30/h16-19H,1-15,27H2,(H2,28,37)(H,32,38)(H4,29,30,31)/t16-,17+,18+,19+/m1/s1. The van der Waals surface area contributed by atoms with Gasteiger partial charge in [-0.2, -0.15) is 0 Å². The number of carbonyl (C=O) groups excluding carboxylic acids is 5. The van der Waals surface area contributed by atoms with E-state index in [0.717, 1.165) is 0 Å². The van der Waals surface area contributed by atoms with Gasteiger partial charge in [-0.05, 0) is 64.3 Å². The number of aliphatic imine (C=N–C) groups is 1. The second-order valence-corrected chi connectivity index (χ2v) is 10.4. The molecule has 0 unspecified atom stereocenters. The van der Waals surface area contributed by atoms with Gasteiger partial charge >= 0.3 is 0 Å². The Morgan fingerprint density at radius 2 is 1.59 bits per heavy atom. The maximum absolute atomic E-state index is 13.4. The van der Waals surface area contributed by atoms with Gasteiger partial charge in [0.1, 0.15) is 18.0 Å². The van der Waals surface area contributed by atoms with Crippen molar-refractivity contribution in [3.63, 3.8) is 0 Å². The third-order valence-electron chi connectivity index (χ3n) is 7.32. The number of guanidine groups is 1. The number of nitrogens with zero attached hydrogens (tertiary/aromatic N) is 3. The zero-order chi connectivity index (χ0) is 28.9. The van der Waals surface area contributed by atoms with Gasteiger partial charge in [-0.1, -0.05) is 0 Å². The van der Waals surface area contributed by atoms with Crippen LogP contribution in [-0.4, -0.2) is 95.4 Å². The van der Waals surface area contributed by atoms with Crippen molar-refractivity contribution in [1.82, 2.24) is 15.1 Å². The minimum atomic E-state index is -0.845. The van der Waals surface area contributed by atoms with Crippen LogP contribution in [0.25, 0.3) is 0 Å². The molecule has 13 nitrogen and oxygen atoms in total. The van der Waals surface area contributed by atoms with Gasteiger partial charge in [-0.3, -0.25) is 29.0 Å². The summed E-state index contributed by atoms with van der Waals surface area (Å²) >= 11 is 5.72. The Balaban J connectivity index is 2.08. The monoisotopic (exact) mass is 570 g/mol. The molecule has 39 heavy (non-hydrogen) atoms. The highest BCUT2D eigenvalue weighted by atomic mass is 35.5. The van der Waals surface area contributed by atoms with Crippen LogP contribution in [0.5, 0.6) is 0 Å². The number of nitrogens with two attached hydrogens (primary N) is 4. The molecule has 0 aromatic carbocycles. The SMILES string of the molecule is NCCCC[C@H](NC(=O)[C@@H]1CCCN1C(=O)[C@@H]1CCCN1C(=O)CCl)C(=O)C[C@@H](CCCN=C(N)N)C(N)=O. The number of hydrogen-bond donors (Lipinski definition) is 5. The van der Waals surface area contributed by atoms with Gasteiger partial charge in [0.05, 0.1) is 6.04 Å². The van der Waals surface area contributed by atoms with Crippen molar-refractivity contribution in [2.75, 3.05) is 32.1 Å². The van der Waals surface area contributed by atoms with Crippen molar-refractivity contribution in [2.45, 2.75) is 82.3 Å². The average Bonchev–Trinajstić information content (AvgIpc) is 3.59. The van der Waals surface area contributed by atoms with Crippen LogP contribution in [0.3, 0.4) is 0 Å². The number of rotatable bonds is 16. The number of primary amides is 1. The molecule has 0 saturated carbocycles. The largest absolute Gasteiger partial charge is 0.370 e. The van der Waals surface area contributed by atoms with Crippen LogP contribution < -0.4 is 28.3 Å². The molecule has 0 aromatic rings. The topological polar surface area (TPSA) is 220 Å². The van der Waals surface area contributed by atoms with Crippen LogP contribution in [0.15, 0.2) is 4.99 Å². The predicted octanol–water partition coefficient (Wildman–Crippen LogP) is -1.06. The first-order valence-corrected chi connectivity index (χ1v) is 14.2. The van der Waals surface area contributed by atoms with Crippen LogP contribution in [0.2, 0.25) is 0 Å². The quantitative estimate of drug-likeness (QED) is 0.0663. The van der Waals surface area contributed by atoms with Crippen molar-refractivity contribution in [3.05, 3.63) is 0 Å². The lowest BCUT2D eigenvalue weighted by molar-refractivity contribution is -0.146. The third-order valence-corrected chi connectivity index (χ3v) is 7.55. The molecule has 0 spiro atoms. The fourth-order valence-electron chi connectivity index (χ4n) is 5.24. The zero-order valence-electron chi connectivity index (χ0n) is 22.5. The van der Waals surface area contributed by atoms with E-state index >= 15 is 0 Å². The van der Waals surface area contributed by atoms with Crippen molar-refractivity contribution in [3.8, 4) is 0 Å². The molecule has 2 fully saturated rings. The maximum Gasteiger partial charge on any atom is 0.246 e. The minimum Gasteiger partial charge on any atom is -0.370 e. The molecule has 0 aromatic heterocycles. The number of amides is 4. The van der Waals surface area contributed by atoms with Gasteiger partial charge in [0.15, 0.2) is 11.7 Å². The normalized spacial score (nSPS) is 20.4. The fraction of sp³-hybridized carbons (Fsp3) is 0.760. The van der Waals surface area contributed by atoms with Gasteiger partial charge in [0, 0.05) is 32.0 Å². The highest BCUT2D eigenvalue weighted by Crippen LogP contribution is 2.26. The Kier molecular flexibility index (Phi) is 13.4. The van der Waals surface area contributed by atoms with E-state index in [1.165, 1.54) is 9.80 Å². The van der Waals surface area contributed by atoms with E-state index in [9.17, 15) is 24.0 Å². The summed E-state index contributed by atoms with van der Waals surface area (Å²) in [5, 5.41) is 2.83. The first kappa shape index (κ1) is 32.3. The number of Topliss-reactive ketones (excluding diaryl/α,β-unsaturated/α-hetero) is 1. The Labute approximate surface area is 234 Å². The molecular formula is C25H43ClN8O5. The first-order chi connectivity index (χ1) is 18.6. The van der Waals surface area contributed by atoms with E-state index in [-0.39, 0.29) is 35.9 Å². The molecule has 4 atom stereocenters. The van der Waals surface area contributed by atoms with Gasteiger partial charge in [-0.15, -0.1) is 11.6 Å². The molecule has 2 aliphatic rings. The number of likely N-dealkylation sites (tertiary alicyclic amines) is 2. The van der Waals surface area contributed by atoms with Gasteiger partial charge in [0.2, 0.25) is 23.6 Å². The summed E-state index contributed by atoms with van der Waals surface area (Å²) in [5.41, 5.74) is 21.8. The van der Waals surface area contributed by atoms with Crippen molar-refractivity contribution < 1.29 is 24.0 Å². The molecule has 14 heteroatoms. The van der Waals surface area contributed by atoms with Crippen LogP contribution in [0.4, 0.5) is 0 Å². The Bertz CT molecular complexity index is 913. The number of carbonyl (C=O) groups is 5. The molecule has 2 heterocycles. The molecule has 2 saturated heterocycles. The molecule has 2 rings (SSSR count). The van der Waals surface area contributed by atoms with Crippen LogP contribution in [0, 0.1) is 5.92 Å². The summed E-state index contributed by atoms with van der Waals surface area (Å²) in [6.07, 6.45) is 4.56. The number of ketones is 1. The average molecular weight is 571 g/mol. The van der Waals surface area contributed by atoms with Crippen LogP contribution in [-0.2, 0) is 24.0 Å². The Hall–Kier alpha value is -2.93.